The monoisotopic (exact) mass is 427 g/mol. The highest BCUT2D eigenvalue weighted by molar-refractivity contribution is 14.1. The van der Waals surface area contributed by atoms with Crippen LogP contribution < -0.4 is 0 Å². The van der Waals surface area contributed by atoms with Crippen LogP contribution >= 0.6 is 22.6 Å². The zero-order valence-corrected chi connectivity index (χ0v) is 16.2. The quantitative estimate of drug-likeness (QED) is 0.521. The van der Waals surface area contributed by atoms with Gasteiger partial charge in [-0.15, -0.1) is 0 Å². The van der Waals surface area contributed by atoms with Gasteiger partial charge in [-0.3, -0.25) is 9.69 Å². The van der Waals surface area contributed by atoms with Crippen molar-refractivity contribution in [1.82, 2.24) is 4.90 Å². The molecule has 0 spiro atoms. The summed E-state index contributed by atoms with van der Waals surface area (Å²) in [5, 5.41) is 0. The lowest BCUT2D eigenvalue weighted by atomic mass is 9.76. The number of unbranched alkanes of at least 4 members (excludes halogenated alkanes) is 1. The smallest absolute Gasteiger partial charge is 0.310 e. The molecule has 4 heteroatoms. The Balaban J connectivity index is 1.88. The molecule has 0 radical (unpaired) electrons. The van der Waals surface area contributed by atoms with Gasteiger partial charge < -0.3 is 4.74 Å². The van der Waals surface area contributed by atoms with Gasteiger partial charge in [-0.1, -0.05) is 25.5 Å². The van der Waals surface area contributed by atoms with Crippen LogP contribution in [0.1, 0.15) is 50.5 Å². The summed E-state index contributed by atoms with van der Waals surface area (Å²) in [6, 6.07) is 9.69. The predicted octanol–water partition coefficient (Wildman–Crippen LogP) is 4.20. The molecule has 3 unspecified atom stereocenters. The predicted molar refractivity (Wildman–Crippen MR) is 100 cm³/mol. The Morgan fingerprint density at radius 1 is 1.30 bits per heavy atom. The highest BCUT2D eigenvalue weighted by Crippen LogP contribution is 2.47. The molecule has 0 aliphatic carbocycles. The number of ether oxygens (including phenoxy) is 1. The molecule has 2 heterocycles. The van der Waals surface area contributed by atoms with Crippen molar-refractivity contribution in [2.24, 2.45) is 5.92 Å². The number of methoxy groups -OCH3 is 1. The number of fused-ring (bicyclic) bond motifs is 2. The Labute approximate surface area is 152 Å². The maximum atomic E-state index is 12.6. The summed E-state index contributed by atoms with van der Waals surface area (Å²) in [5.41, 5.74) is 1.30. The van der Waals surface area contributed by atoms with Gasteiger partial charge in [0.05, 0.1) is 13.0 Å². The first-order valence-electron chi connectivity index (χ1n) is 8.74. The van der Waals surface area contributed by atoms with Gasteiger partial charge in [0, 0.05) is 21.6 Å². The summed E-state index contributed by atoms with van der Waals surface area (Å²) >= 11 is 2.33. The second kappa shape index (κ2) is 7.51. The summed E-state index contributed by atoms with van der Waals surface area (Å²) < 4.78 is 6.44. The molecule has 0 amide bonds. The molecular weight excluding hydrogens is 401 g/mol. The first-order chi connectivity index (χ1) is 11.2. The van der Waals surface area contributed by atoms with Crippen molar-refractivity contribution in [2.75, 3.05) is 13.7 Å². The Bertz CT molecular complexity index is 545. The van der Waals surface area contributed by atoms with Crippen LogP contribution in [0.2, 0.25) is 0 Å². The minimum absolute atomic E-state index is 0.0179. The molecule has 23 heavy (non-hydrogen) atoms. The number of carbonyl (C=O) groups excluding carboxylic acids is 1. The second-order valence-corrected chi connectivity index (χ2v) is 8.08. The van der Waals surface area contributed by atoms with E-state index >= 15 is 0 Å². The average molecular weight is 427 g/mol. The lowest BCUT2D eigenvalue weighted by Crippen LogP contribution is -2.51. The van der Waals surface area contributed by atoms with Crippen LogP contribution in [0.4, 0.5) is 0 Å². The van der Waals surface area contributed by atoms with Crippen molar-refractivity contribution < 1.29 is 9.53 Å². The second-order valence-electron chi connectivity index (χ2n) is 6.83. The molecule has 0 aromatic heterocycles. The van der Waals surface area contributed by atoms with Gasteiger partial charge in [-0.25, -0.2) is 0 Å². The molecular formula is C19H26INO2. The Morgan fingerprint density at radius 3 is 2.70 bits per heavy atom. The largest absolute Gasteiger partial charge is 0.469 e. The number of benzene rings is 1. The SMILES string of the molecule is CCCCN1C2CCC1[C@@H](C(=O)OC)C(c1ccc(I)cc1)C2. The maximum Gasteiger partial charge on any atom is 0.310 e. The standard InChI is InChI=1S/C19H26INO2/c1-3-4-11-21-15-9-10-17(21)18(19(22)23-2)16(12-15)13-5-7-14(20)8-6-13/h5-8,15-18H,3-4,9-12H2,1-2H3/t15?,16?,17?,18-/m0/s1. The Hall–Kier alpha value is -0.620. The first kappa shape index (κ1) is 17.2. The Kier molecular flexibility index (Phi) is 5.62. The third kappa shape index (κ3) is 3.43. The molecule has 2 aliphatic rings. The van der Waals surface area contributed by atoms with Gasteiger partial charge >= 0.3 is 5.97 Å². The molecule has 2 bridgehead atoms. The summed E-state index contributed by atoms with van der Waals surface area (Å²) in [4.78, 5) is 15.2. The van der Waals surface area contributed by atoms with E-state index in [1.807, 2.05) is 0 Å². The molecule has 3 rings (SSSR count). The minimum atomic E-state index is -0.0274. The van der Waals surface area contributed by atoms with Crippen LogP contribution in [0, 0.1) is 9.49 Å². The first-order valence-corrected chi connectivity index (χ1v) is 9.82. The number of carbonyl (C=O) groups is 1. The van der Waals surface area contributed by atoms with E-state index in [-0.39, 0.29) is 11.9 Å². The third-order valence-corrected chi connectivity index (χ3v) is 6.33. The summed E-state index contributed by atoms with van der Waals surface area (Å²) in [7, 11) is 1.53. The van der Waals surface area contributed by atoms with Crippen LogP contribution in [0.15, 0.2) is 24.3 Å². The van der Waals surface area contributed by atoms with Gasteiger partial charge in [-0.05, 0) is 72.5 Å². The molecule has 3 nitrogen and oxygen atoms in total. The summed E-state index contributed by atoms with van der Waals surface area (Å²) in [5.74, 6) is 0.255. The normalized spacial score (nSPS) is 30.4. The number of nitrogens with zero attached hydrogens (tertiary/aromatic N) is 1. The van der Waals surface area contributed by atoms with Gasteiger partial charge in [0.25, 0.3) is 0 Å². The molecule has 0 saturated carbocycles. The number of esters is 1. The molecule has 1 aromatic carbocycles. The van der Waals surface area contributed by atoms with E-state index in [9.17, 15) is 4.79 Å². The van der Waals surface area contributed by atoms with Crippen molar-refractivity contribution in [2.45, 2.75) is 57.0 Å². The van der Waals surface area contributed by atoms with Gasteiger partial charge in [0.2, 0.25) is 0 Å². The molecule has 126 valence electrons. The highest BCUT2D eigenvalue weighted by atomic mass is 127. The van der Waals surface area contributed by atoms with E-state index in [1.54, 1.807) is 0 Å². The van der Waals surface area contributed by atoms with Crippen molar-refractivity contribution >= 4 is 28.6 Å². The fourth-order valence-electron chi connectivity index (χ4n) is 4.51. The van der Waals surface area contributed by atoms with Gasteiger partial charge in [0.15, 0.2) is 0 Å². The van der Waals surface area contributed by atoms with Crippen molar-refractivity contribution in [3.05, 3.63) is 33.4 Å². The number of rotatable bonds is 5. The zero-order chi connectivity index (χ0) is 16.4. The van der Waals surface area contributed by atoms with E-state index in [0.29, 0.717) is 18.0 Å². The maximum absolute atomic E-state index is 12.6. The fraction of sp³-hybridized carbons (Fsp3) is 0.632. The van der Waals surface area contributed by atoms with Crippen LogP contribution in [0.25, 0.3) is 0 Å². The molecule has 1 aromatic rings. The number of piperidine rings is 1. The van der Waals surface area contributed by atoms with Crippen molar-refractivity contribution in [1.29, 1.82) is 0 Å². The fourth-order valence-corrected chi connectivity index (χ4v) is 4.87. The average Bonchev–Trinajstić information content (AvgIpc) is 2.84. The van der Waals surface area contributed by atoms with Crippen LogP contribution in [-0.4, -0.2) is 36.6 Å². The third-order valence-electron chi connectivity index (χ3n) is 5.61. The molecule has 2 aliphatic heterocycles. The zero-order valence-electron chi connectivity index (χ0n) is 14.0. The lowest BCUT2D eigenvalue weighted by molar-refractivity contribution is -0.150. The summed E-state index contributed by atoms with van der Waals surface area (Å²) in [6.07, 6.45) is 5.87. The van der Waals surface area contributed by atoms with Gasteiger partial charge in [0.1, 0.15) is 0 Å². The van der Waals surface area contributed by atoms with E-state index < -0.39 is 0 Å². The van der Waals surface area contributed by atoms with Crippen molar-refractivity contribution in [3.63, 3.8) is 0 Å². The number of halogens is 1. The number of hydrogen-bond acceptors (Lipinski definition) is 3. The van der Waals surface area contributed by atoms with E-state index in [2.05, 4.69) is 58.7 Å². The van der Waals surface area contributed by atoms with Gasteiger partial charge in [-0.2, -0.15) is 0 Å². The minimum Gasteiger partial charge on any atom is -0.469 e. The molecule has 4 atom stereocenters. The van der Waals surface area contributed by atoms with Crippen LogP contribution in [0.3, 0.4) is 0 Å². The number of hydrogen-bond donors (Lipinski definition) is 0. The molecule has 0 N–H and O–H groups in total. The van der Waals surface area contributed by atoms with E-state index in [1.165, 1.54) is 35.5 Å². The topological polar surface area (TPSA) is 29.5 Å². The molecule has 2 saturated heterocycles. The highest BCUT2D eigenvalue weighted by Gasteiger charge is 2.50. The summed E-state index contributed by atoms with van der Waals surface area (Å²) in [6.45, 7) is 3.36. The van der Waals surface area contributed by atoms with Crippen LogP contribution in [0.5, 0.6) is 0 Å². The van der Waals surface area contributed by atoms with E-state index in [4.69, 9.17) is 4.74 Å². The Morgan fingerprint density at radius 2 is 2.04 bits per heavy atom. The van der Waals surface area contributed by atoms with E-state index in [0.717, 1.165) is 19.4 Å². The lowest BCUT2D eigenvalue weighted by Gasteiger charge is -2.43. The van der Waals surface area contributed by atoms with Crippen molar-refractivity contribution in [3.8, 4) is 0 Å². The molecule has 2 fully saturated rings. The van der Waals surface area contributed by atoms with Crippen LogP contribution in [-0.2, 0) is 9.53 Å².